The Kier molecular flexibility index (Phi) is 6.15. The van der Waals surface area contributed by atoms with Crippen LogP contribution in [0, 0.1) is 0 Å². The molecular formula is C13H24N4S. The highest BCUT2D eigenvalue weighted by Crippen LogP contribution is 2.06. The van der Waals surface area contributed by atoms with Crippen LogP contribution >= 0.6 is 11.3 Å². The lowest BCUT2D eigenvalue weighted by Gasteiger charge is -2.21. The summed E-state index contributed by atoms with van der Waals surface area (Å²) in [4.78, 5) is 5.50. The fourth-order valence-electron chi connectivity index (χ4n) is 1.42. The van der Waals surface area contributed by atoms with Crippen LogP contribution in [0.15, 0.2) is 22.5 Å². The van der Waals surface area contributed by atoms with Gasteiger partial charge in [-0.25, -0.2) is 0 Å². The van der Waals surface area contributed by atoms with Gasteiger partial charge in [0.05, 0.1) is 6.54 Å². The fraction of sp³-hybridized carbons (Fsp3) is 0.615. The Bertz CT molecular complexity index is 352. The molecule has 0 aliphatic heterocycles. The van der Waals surface area contributed by atoms with Gasteiger partial charge in [-0.3, -0.25) is 4.99 Å². The summed E-state index contributed by atoms with van der Waals surface area (Å²) in [7, 11) is 1.79. The summed E-state index contributed by atoms with van der Waals surface area (Å²) in [6.07, 6.45) is 0. The van der Waals surface area contributed by atoms with Gasteiger partial charge in [0.2, 0.25) is 0 Å². The number of nitrogens with zero attached hydrogens (tertiary/aromatic N) is 1. The summed E-state index contributed by atoms with van der Waals surface area (Å²) >= 11 is 1.75. The number of hydrogen-bond acceptors (Lipinski definition) is 3. The third-order valence-corrected chi connectivity index (χ3v) is 3.18. The Balaban J connectivity index is 2.18. The van der Waals surface area contributed by atoms with E-state index in [2.05, 4.69) is 59.2 Å². The number of thiophene rings is 1. The molecule has 3 N–H and O–H groups in total. The van der Waals surface area contributed by atoms with E-state index in [4.69, 9.17) is 0 Å². The maximum atomic E-state index is 4.19. The molecule has 0 aromatic carbocycles. The molecule has 1 rings (SSSR count). The second-order valence-corrected chi connectivity index (χ2v) is 6.14. The van der Waals surface area contributed by atoms with E-state index >= 15 is 0 Å². The highest BCUT2D eigenvalue weighted by molar-refractivity contribution is 7.09. The third-order valence-electron chi connectivity index (χ3n) is 2.31. The average Bonchev–Trinajstić information content (AvgIpc) is 2.79. The fourth-order valence-corrected chi connectivity index (χ4v) is 2.07. The first-order valence-corrected chi connectivity index (χ1v) is 7.11. The van der Waals surface area contributed by atoms with Crippen LogP contribution in [-0.2, 0) is 6.54 Å². The summed E-state index contributed by atoms with van der Waals surface area (Å²) in [5.74, 6) is 0.846. The summed E-state index contributed by atoms with van der Waals surface area (Å²) < 4.78 is 0. The topological polar surface area (TPSA) is 48.5 Å². The van der Waals surface area contributed by atoms with Gasteiger partial charge in [0.25, 0.3) is 0 Å². The zero-order valence-corrected chi connectivity index (χ0v) is 12.5. The molecule has 1 aromatic rings. The van der Waals surface area contributed by atoms with Crippen LogP contribution in [0.3, 0.4) is 0 Å². The molecule has 0 amide bonds. The van der Waals surface area contributed by atoms with Gasteiger partial charge < -0.3 is 16.0 Å². The predicted octanol–water partition coefficient (Wildman–Crippen LogP) is 1.80. The molecule has 0 bridgehead atoms. The van der Waals surface area contributed by atoms with Crippen molar-refractivity contribution >= 4 is 17.3 Å². The van der Waals surface area contributed by atoms with Crippen molar-refractivity contribution in [1.29, 1.82) is 0 Å². The van der Waals surface area contributed by atoms with Crippen LogP contribution in [0.2, 0.25) is 0 Å². The van der Waals surface area contributed by atoms with Crippen molar-refractivity contribution < 1.29 is 0 Å². The highest BCUT2D eigenvalue weighted by atomic mass is 32.1. The minimum atomic E-state index is 0.162. The van der Waals surface area contributed by atoms with E-state index in [1.54, 1.807) is 18.4 Å². The number of nitrogens with one attached hydrogen (secondary N) is 3. The zero-order valence-electron chi connectivity index (χ0n) is 11.7. The third kappa shape index (κ3) is 6.61. The molecule has 0 aliphatic carbocycles. The maximum Gasteiger partial charge on any atom is 0.191 e. The highest BCUT2D eigenvalue weighted by Gasteiger charge is 2.07. The Morgan fingerprint density at radius 3 is 2.61 bits per heavy atom. The molecule has 4 nitrogen and oxygen atoms in total. The minimum absolute atomic E-state index is 0.162. The Hall–Kier alpha value is -1.07. The van der Waals surface area contributed by atoms with Crippen molar-refractivity contribution in [2.75, 3.05) is 20.1 Å². The van der Waals surface area contributed by atoms with Gasteiger partial charge in [-0.05, 0) is 32.2 Å². The minimum Gasteiger partial charge on any atom is -0.355 e. The molecule has 0 radical (unpaired) electrons. The van der Waals surface area contributed by atoms with Crippen molar-refractivity contribution in [2.24, 2.45) is 4.99 Å². The number of guanidine groups is 1. The predicted molar refractivity (Wildman–Crippen MR) is 80.3 cm³/mol. The van der Waals surface area contributed by atoms with Crippen molar-refractivity contribution in [1.82, 2.24) is 16.0 Å². The van der Waals surface area contributed by atoms with Crippen molar-refractivity contribution in [3.8, 4) is 0 Å². The van der Waals surface area contributed by atoms with E-state index in [1.165, 1.54) is 4.88 Å². The molecule has 0 atom stereocenters. The smallest absolute Gasteiger partial charge is 0.191 e. The van der Waals surface area contributed by atoms with Crippen LogP contribution in [0.25, 0.3) is 0 Å². The molecule has 102 valence electrons. The first kappa shape index (κ1) is 15.0. The maximum absolute atomic E-state index is 4.19. The molecule has 1 heterocycles. The molecular weight excluding hydrogens is 244 g/mol. The molecule has 5 heteroatoms. The summed E-state index contributed by atoms with van der Waals surface area (Å²) in [6, 6.07) is 4.18. The Morgan fingerprint density at radius 2 is 2.06 bits per heavy atom. The van der Waals surface area contributed by atoms with Gasteiger partial charge in [-0.1, -0.05) is 6.07 Å². The summed E-state index contributed by atoms with van der Waals surface area (Å²) in [5, 5.41) is 12.1. The summed E-state index contributed by atoms with van der Waals surface area (Å²) in [6.45, 7) is 9.10. The molecule has 0 unspecified atom stereocenters. The largest absolute Gasteiger partial charge is 0.355 e. The van der Waals surface area contributed by atoms with E-state index in [1.807, 2.05) is 0 Å². The molecule has 18 heavy (non-hydrogen) atoms. The van der Waals surface area contributed by atoms with Gasteiger partial charge >= 0.3 is 0 Å². The quantitative estimate of drug-likeness (QED) is 0.433. The molecule has 0 fully saturated rings. The van der Waals surface area contributed by atoms with E-state index in [0.717, 1.165) is 25.6 Å². The van der Waals surface area contributed by atoms with Crippen LogP contribution in [-0.4, -0.2) is 31.6 Å². The second kappa shape index (κ2) is 7.38. The first-order chi connectivity index (χ1) is 8.51. The van der Waals surface area contributed by atoms with E-state index in [-0.39, 0.29) is 5.54 Å². The van der Waals surface area contributed by atoms with Crippen LogP contribution in [0.1, 0.15) is 25.6 Å². The van der Waals surface area contributed by atoms with Gasteiger partial charge in [0.15, 0.2) is 5.96 Å². The van der Waals surface area contributed by atoms with E-state index in [0.29, 0.717) is 0 Å². The van der Waals surface area contributed by atoms with Crippen LogP contribution in [0.4, 0.5) is 0 Å². The number of aliphatic imine (C=N–C) groups is 1. The Morgan fingerprint density at radius 1 is 1.28 bits per heavy atom. The molecule has 0 saturated heterocycles. The standard InChI is InChI=1S/C13H24N4S/c1-13(2,3)17-8-7-15-12(14-4)16-10-11-6-5-9-18-11/h5-6,9,17H,7-8,10H2,1-4H3,(H2,14,15,16). The lowest BCUT2D eigenvalue weighted by molar-refractivity contribution is 0.428. The molecule has 0 saturated carbocycles. The molecule has 0 aliphatic rings. The van der Waals surface area contributed by atoms with Crippen molar-refractivity contribution in [3.63, 3.8) is 0 Å². The van der Waals surface area contributed by atoms with Crippen LogP contribution < -0.4 is 16.0 Å². The first-order valence-electron chi connectivity index (χ1n) is 6.23. The van der Waals surface area contributed by atoms with Gasteiger partial charge in [-0.15, -0.1) is 11.3 Å². The van der Waals surface area contributed by atoms with Crippen molar-refractivity contribution in [3.05, 3.63) is 22.4 Å². The van der Waals surface area contributed by atoms with Gasteiger partial charge in [-0.2, -0.15) is 0 Å². The lowest BCUT2D eigenvalue weighted by atomic mass is 10.1. The molecule has 0 spiro atoms. The average molecular weight is 268 g/mol. The van der Waals surface area contributed by atoms with E-state index in [9.17, 15) is 0 Å². The number of hydrogen-bond donors (Lipinski definition) is 3. The zero-order chi connectivity index (χ0) is 13.4. The van der Waals surface area contributed by atoms with Crippen molar-refractivity contribution in [2.45, 2.75) is 32.9 Å². The van der Waals surface area contributed by atoms with Crippen LogP contribution in [0.5, 0.6) is 0 Å². The van der Waals surface area contributed by atoms with Gasteiger partial charge in [0, 0.05) is 30.6 Å². The normalized spacial score (nSPS) is 12.6. The lowest BCUT2D eigenvalue weighted by Crippen LogP contribution is -2.44. The molecule has 1 aromatic heterocycles. The van der Waals surface area contributed by atoms with Gasteiger partial charge in [0.1, 0.15) is 0 Å². The van der Waals surface area contributed by atoms with E-state index < -0.39 is 0 Å². The monoisotopic (exact) mass is 268 g/mol. The summed E-state index contributed by atoms with van der Waals surface area (Å²) in [5.41, 5.74) is 0.162. The Labute approximate surface area is 114 Å². The second-order valence-electron chi connectivity index (χ2n) is 5.11. The number of rotatable bonds is 5. The SMILES string of the molecule is CN=C(NCCNC(C)(C)C)NCc1cccs1.